The molecule has 6 nitrogen and oxygen atoms in total. The lowest BCUT2D eigenvalue weighted by atomic mass is 10.0. The number of nitrogens with zero attached hydrogens (tertiary/aromatic N) is 6. The fourth-order valence-electron chi connectivity index (χ4n) is 3.67. The molecule has 2 aliphatic rings. The van der Waals surface area contributed by atoms with E-state index < -0.39 is 11.9 Å². The second kappa shape index (κ2) is 7.38. The van der Waals surface area contributed by atoms with E-state index in [-0.39, 0.29) is 12.1 Å². The number of piperidine rings is 1. The smallest absolute Gasteiger partial charge is 0.350 e. The van der Waals surface area contributed by atoms with Gasteiger partial charge in [-0.1, -0.05) is 0 Å². The van der Waals surface area contributed by atoms with Gasteiger partial charge in [0.15, 0.2) is 0 Å². The largest absolute Gasteiger partial charge is 0.433 e. The molecule has 0 aromatic carbocycles. The summed E-state index contributed by atoms with van der Waals surface area (Å²) in [5, 5.41) is 8.02. The first kappa shape index (κ1) is 18.1. The highest BCUT2D eigenvalue weighted by Crippen LogP contribution is 2.37. The summed E-state index contributed by atoms with van der Waals surface area (Å²) in [7, 11) is 0. The quantitative estimate of drug-likeness (QED) is 0.797. The summed E-state index contributed by atoms with van der Waals surface area (Å²) < 4.78 is 39.1. The van der Waals surface area contributed by atoms with Crippen LogP contribution >= 0.6 is 0 Å². The van der Waals surface area contributed by atoms with E-state index in [1.807, 2.05) is 12.1 Å². The van der Waals surface area contributed by atoms with E-state index in [1.165, 1.54) is 0 Å². The second-order valence-corrected chi connectivity index (χ2v) is 7.12. The molecule has 0 spiro atoms. The van der Waals surface area contributed by atoms with Crippen molar-refractivity contribution in [1.29, 1.82) is 0 Å². The van der Waals surface area contributed by atoms with Crippen LogP contribution in [0.5, 0.6) is 0 Å². The molecule has 0 N–H and O–H groups in total. The van der Waals surface area contributed by atoms with Crippen LogP contribution in [0.15, 0.2) is 30.7 Å². The first-order valence-electron chi connectivity index (χ1n) is 9.17. The van der Waals surface area contributed by atoms with Gasteiger partial charge in [0.2, 0.25) is 0 Å². The van der Waals surface area contributed by atoms with E-state index >= 15 is 0 Å². The van der Waals surface area contributed by atoms with Crippen LogP contribution in [-0.4, -0.2) is 50.2 Å². The molecule has 4 rings (SSSR count). The third kappa shape index (κ3) is 4.35. The third-order valence-electron chi connectivity index (χ3n) is 5.11. The highest BCUT2D eigenvalue weighted by molar-refractivity contribution is 5.44. The van der Waals surface area contributed by atoms with Crippen molar-refractivity contribution in [2.75, 3.05) is 18.0 Å². The Balaban J connectivity index is 1.44. The number of hydrogen-bond acceptors (Lipinski definition) is 6. The maximum atomic E-state index is 13.0. The average molecular weight is 378 g/mol. The molecule has 2 aromatic heterocycles. The number of hydrogen-bond donors (Lipinski definition) is 0. The van der Waals surface area contributed by atoms with Crippen LogP contribution in [-0.2, 0) is 12.7 Å². The highest BCUT2D eigenvalue weighted by Gasteiger charge is 2.38. The summed E-state index contributed by atoms with van der Waals surface area (Å²) in [4.78, 5) is 12.0. The number of alkyl halides is 3. The van der Waals surface area contributed by atoms with Crippen molar-refractivity contribution in [3.63, 3.8) is 0 Å². The summed E-state index contributed by atoms with van der Waals surface area (Å²) in [5.41, 5.74) is 0.0545. The molecule has 0 atom stereocenters. The summed E-state index contributed by atoms with van der Waals surface area (Å²) in [6, 6.07) is 5.40. The van der Waals surface area contributed by atoms with Crippen molar-refractivity contribution in [3.05, 3.63) is 42.1 Å². The number of rotatable bonds is 5. The Bertz CT molecular complexity index is 757. The number of aromatic nitrogens is 4. The highest BCUT2D eigenvalue weighted by atomic mass is 19.4. The van der Waals surface area contributed by atoms with Gasteiger partial charge in [0.25, 0.3) is 0 Å². The van der Waals surface area contributed by atoms with Gasteiger partial charge in [0.05, 0.1) is 5.69 Å². The Morgan fingerprint density at radius 1 is 1.07 bits per heavy atom. The zero-order chi connectivity index (χ0) is 18.9. The molecule has 0 radical (unpaired) electrons. The van der Waals surface area contributed by atoms with E-state index in [2.05, 4.69) is 30.0 Å². The Morgan fingerprint density at radius 3 is 2.44 bits per heavy atom. The van der Waals surface area contributed by atoms with Gasteiger partial charge in [-0.25, -0.2) is 9.97 Å². The van der Waals surface area contributed by atoms with Gasteiger partial charge in [0, 0.05) is 44.0 Å². The zero-order valence-corrected chi connectivity index (χ0v) is 14.8. The fraction of sp³-hybridized carbons (Fsp3) is 0.556. The SMILES string of the molecule is FC(F)(F)c1cc(N(C2CC2)C2CCN(Cc3cccnn3)CC2)ncn1. The van der Waals surface area contributed by atoms with Crippen LogP contribution in [0.2, 0.25) is 0 Å². The van der Waals surface area contributed by atoms with Crippen LogP contribution in [0.3, 0.4) is 0 Å². The van der Waals surface area contributed by atoms with Crippen molar-refractivity contribution in [2.45, 2.75) is 50.5 Å². The molecular formula is C18H21F3N6. The number of likely N-dealkylation sites (tertiary alicyclic amines) is 1. The van der Waals surface area contributed by atoms with Crippen molar-refractivity contribution in [3.8, 4) is 0 Å². The van der Waals surface area contributed by atoms with Crippen molar-refractivity contribution >= 4 is 5.82 Å². The van der Waals surface area contributed by atoms with Crippen molar-refractivity contribution in [2.24, 2.45) is 0 Å². The standard InChI is InChI=1S/C18H21F3N6/c19-18(20,21)16-10-17(23-12-22-16)27(14-3-4-14)15-5-8-26(9-6-15)11-13-2-1-7-24-25-13/h1-2,7,10,12,14-15H,3-6,8-9,11H2. The van der Waals surface area contributed by atoms with Gasteiger partial charge in [-0.15, -0.1) is 0 Å². The van der Waals surface area contributed by atoms with E-state index in [9.17, 15) is 13.2 Å². The van der Waals surface area contributed by atoms with Crippen LogP contribution in [0.25, 0.3) is 0 Å². The van der Waals surface area contributed by atoms with Gasteiger partial charge in [0.1, 0.15) is 17.8 Å². The number of anilines is 1. The molecule has 27 heavy (non-hydrogen) atoms. The van der Waals surface area contributed by atoms with Crippen LogP contribution in [0.4, 0.5) is 19.0 Å². The molecule has 2 fully saturated rings. The minimum absolute atomic E-state index is 0.201. The minimum Gasteiger partial charge on any atom is -0.350 e. The normalized spacial score (nSPS) is 19.2. The van der Waals surface area contributed by atoms with Gasteiger partial charge >= 0.3 is 6.18 Å². The molecule has 1 saturated carbocycles. The van der Waals surface area contributed by atoms with E-state index in [4.69, 9.17) is 0 Å². The van der Waals surface area contributed by atoms with Gasteiger partial charge < -0.3 is 4.90 Å². The maximum absolute atomic E-state index is 13.0. The second-order valence-electron chi connectivity index (χ2n) is 7.12. The lowest BCUT2D eigenvalue weighted by molar-refractivity contribution is -0.141. The monoisotopic (exact) mass is 378 g/mol. The predicted octanol–water partition coefficient (Wildman–Crippen LogP) is 2.92. The lowest BCUT2D eigenvalue weighted by Crippen LogP contribution is -2.46. The summed E-state index contributed by atoms with van der Waals surface area (Å²) in [6.07, 6.45) is 2.02. The minimum atomic E-state index is -4.45. The van der Waals surface area contributed by atoms with Gasteiger partial charge in [-0.05, 0) is 37.8 Å². The Kier molecular flexibility index (Phi) is 4.94. The molecule has 9 heteroatoms. The number of halogens is 3. The van der Waals surface area contributed by atoms with Crippen molar-refractivity contribution < 1.29 is 13.2 Å². The Hall–Kier alpha value is -2.29. The molecule has 2 aromatic rings. The van der Waals surface area contributed by atoms with Crippen LogP contribution in [0, 0.1) is 0 Å². The Labute approximate surface area is 155 Å². The summed E-state index contributed by atoms with van der Waals surface area (Å²) >= 11 is 0. The molecule has 144 valence electrons. The fourth-order valence-corrected chi connectivity index (χ4v) is 3.67. The average Bonchev–Trinajstić information content (AvgIpc) is 3.49. The zero-order valence-electron chi connectivity index (χ0n) is 14.8. The molecule has 0 bridgehead atoms. The molecule has 1 aliphatic carbocycles. The van der Waals surface area contributed by atoms with Crippen molar-refractivity contribution in [1.82, 2.24) is 25.1 Å². The first-order chi connectivity index (χ1) is 13.0. The maximum Gasteiger partial charge on any atom is 0.433 e. The van der Waals surface area contributed by atoms with E-state index in [0.717, 1.165) is 63.4 Å². The molecule has 0 amide bonds. The molecule has 1 saturated heterocycles. The summed E-state index contributed by atoms with van der Waals surface area (Å²) in [6.45, 7) is 2.50. The Morgan fingerprint density at radius 2 is 1.81 bits per heavy atom. The lowest BCUT2D eigenvalue weighted by Gasteiger charge is -2.39. The summed E-state index contributed by atoms with van der Waals surface area (Å²) in [5.74, 6) is 0.396. The van der Waals surface area contributed by atoms with E-state index in [1.54, 1.807) is 6.20 Å². The van der Waals surface area contributed by atoms with Gasteiger partial charge in [-0.2, -0.15) is 23.4 Å². The van der Waals surface area contributed by atoms with Gasteiger partial charge in [-0.3, -0.25) is 4.90 Å². The van der Waals surface area contributed by atoms with Crippen LogP contribution in [0.1, 0.15) is 37.1 Å². The molecule has 3 heterocycles. The third-order valence-corrected chi connectivity index (χ3v) is 5.11. The van der Waals surface area contributed by atoms with E-state index in [0.29, 0.717) is 5.82 Å². The molecule has 1 aliphatic heterocycles. The topological polar surface area (TPSA) is 58.0 Å². The molecule has 0 unspecified atom stereocenters. The molecular weight excluding hydrogens is 357 g/mol. The van der Waals surface area contributed by atoms with Crippen LogP contribution < -0.4 is 4.90 Å². The predicted molar refractivity (Wildman–Crippen MR) is 92.9 cm³/mol. The first-order valence-corrected chi connectivity index (χ1v) is 9.17.